The Hall–Kier alpha value is -1.53. The van der Waals surface area contributed by atoms with Crippen molar-refractivity contribution >= 4 is 37.9 Å². The van der Waals surface area contributed by atoms with Crippen LogP contribution >= 0.6 is 22.7 Å². The largest absolute Gasteiger partial charge is 0.374 e. The average molecular weight is 234 g/mol. The standard InChI is InChI=1S/C9H6N4S2/c10-9-13-12-8(15-9)6-3-5-1-2-11-4-7(5)14-6/h1-4H,(H2,10,13). The van der Waals surface area contributed by atoms with Gasteiger partial charge in [-0.3, -0.25) is 4.98 Å². The zero-order chi connectivity index (χ0) is 10.3. The zero-order valence-electron chi connectivity index (χ0n) is 7.54. The van der Waals surface area contributed by atoms with Crippen molar-refractivity contribution in [3.8, 4) is 9.88 Å². The van der Waals surface area contributed by atoms with Crippen LogP contribution in [-0.2, 0) is 0 Å². The van der Waals surface area contributed by atoms with Crippen LogP contribution in [-0.4, -0.2) is 15.2 Å². The van der Waals surface area contributed by atoms with Crippen LogP contribution in [0.3, 0.4) is 0 Å². The molecule has 0 amide bonds. The SMILES string of the molecule is Nc1nnc(-c2cc3ccncc3s2)s1. The van der Waals surface area contributed by atoms with Crippen LogP contribution < -0.4 is 5.73 Å². The fourth-order valence-corrected chi connectivity index (χ4v) is 3.00. The van der Waals surface area contributed by atoms with Gasteiger partial charge in [-0.1, -0.05) is 11.3 Å². The number of anilines is 1. The van der Waals surface area contributed by atoms with E-state index in [1.807, 2.05) is 12.3 Å². The van der Waals surface area contributed by atoms with Crippen LogP contribution in [0.5, 0.6) is 0 Å². The van der Waals surface area contributed by atoms with Gasteiger partial charge in [-0.2, -0.15) is 0 Å². The van der Waals surface area contributed by atoms with Crippen molar-refractivity contribution in [1.82, 2.24) is 15.2 Å². The molecule has 0 saturated heterocycles. The number of nitrogens with two attached hydrogens (primary N) is 1. The second-order valence-corrected chi connectivity index (χ2v) is 5.06. The van der Waals surface area contributed by atoms with Gasteiger partial charge in [0.15, 0.2) is 5.01 Å². The molecule has 0 fully saturated rings. The van der Waals surface area contributed by atoms with Gasteiger partial charge in [0.1, 0.15) is 0 Å². The first-order chi connectivity index (χ1) is 7.33. The number of hydrogen-bond acceptors (Lipinski definition) is 6. The summed E-state index contributed by atoms with van der Waals surface area (Å²) < 4.78 is 1.15. The molecule has 0 atom stereocenters. The van der Waals surface area contributed by atoms with Crippen molar-refractivity contribution in [2.75, 3.05) is 5.73 Å². The molecule has 4 nitrogen and oxygen atoms in total. The summed E-state index contributed by atoms with van der Waals surface area (Å²) in [6.07, 6.45) is 3.64. The van der Waals surface area contributed by atoms with E-state index >= 15 is 0 Å². The second kappa shape index (κ2) is 3.25. The minimum Gasteiger partial charge on any atom is -0.374 e. The highest BCUT2D eigenvalue weighted by molar-refractivity contribution is 7.26. The third-order valence-corrected chi connectivity index (χ3v) is 3.98. The highest BCUT2D eigenvalue weighted by atomic mass is 32.1. The normalized spacial score (nSPS) is 10.9. The number of thiophene rings is 1. The molecular formula is C9H6N4S2. The maximum absolute atomic E-state index is 5.55. The van der Waals surface area contributed by atoms with Gasteiger partial charge in [0, 0.05) is 12.4 Å². The molecule has 74 valence electrons. The third-order valence-electron chi connectivity index (χ3n) is 1.97. The molecule has 0 radical (unpaired) electrons. The van der Waals surface area contributed by atoms with Crippen molar-refractivity contribution in [2.24, 2.45) is 0 Å². The Bertz CT molecular complexity index is 580. The topological polar surface area (TPSA) is 64.7 Å². The van der Waals surface area contributed by atoms with Gasteiger partial charge in [-0.25, -0.2) is 0 Å². The lowest BCUT2D eigenvalue weighted by Gasteiger charge is -1.82. The summed E-state index contributed by atoms with van der Waals surface area (Å²) in [6, 6.07) is 4.07. The van der Waals surface area contributed by atoms with Crippen molar-refractivity contribution in [3.63, 3.8) is 0 Å². The maximum Gasteiger partial charge on any atom is 0.203 e. The molecule has 3 heterocycles. The molecule has 3 aromatic rings. The lowest BCUT2D eigenvalue weighted by Crippen LogP contribution is -1.79. The predicted molar refractivity (Wildman–Crippen MR) is 62.9 cm³/mol. The van der Waals surface area contributed by atoms with Crippen molar-refractivity contribution in [3.05, 3.63) is 24.5 Å². The Kier molecular flexibility index (Phi) is 1.90. The number of hydrogen-bond donors (Lipinski definition) is 1. The minimum atomic E-state index is 0.501. The lowest BCUT2D eigenvalue weighted by molar-refractivity contribution is 1.11. The summed E-state index contributed by atoms with van der Waals surface area (Å²) in [7, 11) is 0. The maximum atomic E-state index is 5.55. The fraction of sp³-hybridized carbons (Fsp3) is 0. The van der Waals surface area contributed by atoms with Gasteiger partial charge in [0.05, 0.1) is 9.58 Å². The third kappa shape index (κ3) is 1.47. The Morgan fingerprint density at radius 2 is 2.13 bits per heavy atom. The van der Waals surface area contributed by atoms with E-state index < -0.39 is 0 Å². The number of pyridine rings is 1. The van der Waals surface area contributed by atoms with Gasteiger partial charge in [0.25, 0.3) is 0 Å². The molecule has 0 bridgehead atoms. The summed E-state index contributed by atoms with van der Waals surface area (Å²) >= 11 is 3.06. The Labute approximate surface area is 93.4 Å². The molecular weight excluding hydrogens is 228 g/mol. The summed E-state index contributed by atoms with van der Waals surface area (Å²) in [6.45, 7) is 0. The summed E-state index contributed by atoms with van der Waals surface area (Å²) in [5.41, 5.74) is 5.55. The smallest absolute Gasteiger partial charge is 0.203 e. The summed E-state index contributed by atoms with van der Waals surface area (Å²) in [5.74, 6) is 0. The Morgan fingerprint density at radius 3 is 2.87 bits per heavy atom. The van der Waals surface area contributed by atoms with Crippen LogP contribution in [0.1, 0.15) is 0 Å². The summed E-state index contributed by atoms with van der Waals surface area (Å²) in [5, 5.41) is 10.4. The molecule has 0 aliphatic heterocycles. The van der Waals surface area contributed by atoms with E-state index in [4.69, 9.17) is 5.73 Å². The van der Waals surface area contributed by atoms with Crippen molar-refractivity contribution in [2.45, 2.75) is 0 Å². The van der Waals surface area contributed by atoms with Crippen LogP contribution in [0.2, 0.25) is 0 Å². The Morgan fingerprint density at radius 1 is 1.20 bits per heavy atom. The minimum absolute atomic E-state index is 0.501. The van der Waals surface area contributed by atoms with Crippen LogP contribution in [0.4, 0.5) is 5.13 Å². The van der Waals surface area contributed by atoms with E-state index in [0.29, 0.717) is 5.13 Å². The van der Waals surface area contributed by atoms with E-state index in [9.17, 15) is 0 Å². The summed E-state index contributed by atoms with van der Waals surface area (Å²) in [4.78, 5) is 5.17. The van der Waals surface area contributed by atoms with Crippen molar-refractivity contribution in [1.29, 1.82) is 0 Å². The molecule has 0 aliphatic rings. The first-order valence-electron chi connectivity index (χ1n) is 4.26. The number of aromatic nitrogens is 3. The van der Waals surface area contributed by atoms with E-state index in [2.05, 4.69) is 21.2 Å². The van der Waals surface area contributed by atoms with Crippen LogP contribution in [0, 0.1) is 0 Å². The monoisotopic (exact) mass is 234 g/mol. The number of nitrogen functional groups attached to an aromatic ring is 1. The predicted octanol–water partition coefficient (Wildman–Crippen LogP) is 2.40. The molecule has 0 aromatic carbocycles. The molecule has 0 spiro atoms. The molecule has 15 heavy (non-hydrogen) atoms. The fourth-order valence-electron chi connectivity index (χ4n) is 1.32. The molecule has 0 unspecified atom stereocenters. The molecule has 2 N–H and O–H groups in total. The number of nitrogens with zero attached hydrogens (tertiary/aromatic N) is 3. The molecule has 0 saturated carbocycles. The van der Waals surface area contributed by atoms with E-state index in [1.165, 1.54) is 16.7 Å². The van der Waals surface area contributed by atoms with E-state index in [0.717, 1.165) is 14.6 Å². The average Bonchev–Trinajstić information content (AvgIpc) is 2.82. The Balaban J connectivity index is 2.19. The quantitative estimate of drug-likeness (QED) is 0.702. The molecule has 0 aliphatic carbocycles. The molecule has 3 rings (SSSR count). The van der Waals surface area contributed by atoms with Gasteiger partial charge >= 0.3 is 0 Å². The zero-order valence-corrected chi connectivity index (χ0v) is 9.18. The van der Waals surface area contributed by atoms with Crippen molar-refractivity contribution < 1.29 is 0 Å². The van der Waals surface area contributed by atoms with Gasteiger partial charge in [-0.15, -0.1) is 21.5 Å². The molecule has 3 aromatic heterocycles. The first kappa shape index (κ1) is 8.75. The van der Waals surface area contributed by atoms with E-state index in [-0.39, 0.29) is 0 Å². The van der Waals surface area contributed by atoms with Crippen LogP contribution in [0.25, 0.3) is 20.0 Å². The number of rotatable bonds is 1. The van der Waals surface area contributed by atoms with E-state index in [1.54, 1.807) is 17.5 Å². The first-order valence-corrected chi connectivity index (χ1v) is 5.89. The molecule has 6 heteroatoms. The highest BCUT2D eigenvalue weighted by Crippen LogP contribution is 2.34. The number of fused-ring (bicyclic) bond motifs is 1. The van der Waals surface area contributed by atoms with Gasteiger partial charge in [0.2, 0.25) is 5.13 Å². The second-order valence-electron chi connectivity index (χ2n) is 2.97. The van der Waals surface area contributed by atoms with Gasteiger partial charge in [-0.05, 0) is 17.5 Å². The van der Waals surface area contributed by atoms with Crippen LogP contribution in [0.15, 0.2) is 24.5 Å². The highest BCUT2D eigenvalue weighted by Gasteiger charge is 2.08. The van der Waals surface area contributed by atoms with Gasteiger partial charge < -0.3 is 5.73 Å². The lowest BCUT2D eigenvalue weighted by atomic mass is 10.3.